The van der Waals surface area contributed by atoms with E-state index in [-0.39, 0.29) is 30.9 Å². The van der Waals surface area contributed by atoms with E-state index >= 15 is 0 Å². The molecule has 4 aromatic rings. The van der Waals surface area contributed by atoms with Crippen molar-refractivity contribution in [2.75, 3.05) is 0 Å². The van der Waals surface area contributed by atoms with Gasteiger partial charge in [0.2, 0.25) is 5.92 Å². The van der Waals surface area contributed by atoms with Gasteiger partial charge in [-0.2, -0.15) is 5.10 Å². The average molecular weight is 428 g/mol. The Hall–Kier alpha value is -2.85. The standard InChI is InChI=1S/C20H18F2N6OS/c21-20(22)7-5-16(6-8-20)30(29)17-9-14-10-26-28(19(14)23-11-17)15-3-1-13(2-4-15)18-24-12-25-27-18/h1-4,9-12,16H,5-8H2,(H,24,25,27). The zero-order chi connectivity index (χ0) is 20.7. The minimum absolute atomic E-state index is 0.207. The number of nitrogens with zero attached hydrogens (tertiary/aromatic N) is 5. The summed E-state index contributed by atoms with van der Waals surface area (Å²) >= 11 is -1.36. The molecule has 3 aromatic heterocycles. The summed E-state index contributed by atoms with van der Waals surface area (Å²) in [5, 5.41) is 12.7. The number of rotatable bonds is 4. The molecule has 1 aliphatic rings. The van der Waals surface area contributed by atoms with Gasteiger partial charge < -0.3 is 9.54 Å². The second-order valence-electron chi connectivity index (χ2n) is 7.38. The first-order chi connectivity index (χ1) is 14.5. The van der Waals surface area contributed by atoms with Crippen molar-refractivity contribution in [2.45, 2.75) is 41.8 Å². The minimum Gasteiger partial charge on any atom is -0.611 e. The van der Waals surface area contributed by atoms with Gasteiger partial charge in [-0.25, -0.2) is 18.4 Å². The number of hydrogen-bond donors (Lipinski definition) is 1. The summed E-state index contributed by atoms with van der Waals surface area (Å²) in [7, 11) is 0. The van der Waals surface area contributed by atoms with Gasteiger partial charge in [0.05, 0.1) is 18.1 Å². The third kappa shape index (κ3) is 3.56. The average Bonchev–Trinajstić information content (AvgIpc) is 3.43. The largest absolute Gasteiger partial charge is 0.611 e. The number of nitrogens with one attached hydrogen (secondary N) is 1. The number of aromatic nitrogens is 6. The van der Waals surface area contributed by atoms with E-state index in [4.69, 9.17) is 0 Å². The van der Waals surface area contributed by atoms with Crippen molar-refractivity contribution >= 4 is 22.2 Å². The molecule has 1 fully saturated rings. The quantitative estimate of drug-likeness (QED) is 0.498. The van der Waals surface area contributed by atoms with Gasteiger partial charge in [0.15, 0.2) is 16.4 Å². The highest BCUT2D eigenvalue weighted by molar-refractivity contribution is 7.92. The Morgan fingerprint density at radius 3 is 2.60 bits per heavy atom. The van der Waals surface area contributed by atoms with Crippen molar-refractivity contribution in [1.82, 2.24) is 29.9 Å². The topological polar surface area (TPSA) is 95.3 Å². The molecular formula is C20H18F2N6OS. The molecule has 30 heavy (non-hydrogen) atoms. The molecule has 1 N–H and O–H groups in total. The normalized spacial score (nSPS) is 18.0. The van der Waals surface area contributed by atoms with E-state index in [1.165, 1.54) is 6.33 Å². The summed E-state index contributed by atoms with van der Waals surface area (Å²) in [6.45, 7) is 0. The van der Waals surface area contributed by atoms with Gasteiger partial charge in [-0.3, -0.25) is 0 Å². The SMILES string of the molecule is [O-][S+](c1cnc2c(cnn2-c2ccc(-c3nnc[nH]3)cc2)c1)C1CCC(F)(F)CC1. The fourth-order valence-electron chi connectivity index (χ4n) is 3.73. The minimum atomic E-state index is -2.63. The van der Waals surface area contributed by atoms with Crippen molar-refractivity contribution < 1.29 is 13.3 Å². The molecular weight excluding hydrogens is 410 g/mol. The first kappa shape index (κ1) is 19.1. The number of aromatic amines is 1. The number of H-pyrrole nitrogens is 1. The van der Waals surface area contributed by atoms with Gasteiger partial charge in [0.25, 0.3) is 0 Å². The Labute approximate surface area is 173 Å². The molecule has 0 aliphatic heterocycles. The van der Waals surface area contributed by atoms with E-state index in [1.54, 1.807) is 23.1 Å². The summed E-state index contributed by atoms with van der Waals surface area (Å²) in [4.78, 5) is 7.98. The summed E-state index contributed by atoms with van der Waals surface area (Å²) in [6, 6.07) is 9.41. The van der Waals surface area contributed by atoms with E-state index in [1.807, 2.05) is 24.3 Å². The fraction of sp³-hybridized carbons (Fsp3) is 0.300. The molecule has 0 amide bonds. The third-order valence-electron chi connectivity index (χ3n) is 5.38. The molecule has 154 valence electrons. The number of benzene rings is 1. The molecule has 0 saturated heterocycles. The van der Waals surface area contributed by atoms with E-state index < -0.39 is 17.1 Å². The summed E-state index contributed by atoms with van der Waals surface area (Å²) in [5.74, 6) is -1.95. The molecule has 0 spiro atoms. The number of alkyl halides is 2. The van der Waals surface area contributed by atoms with E-state index in [9.17, 15) is 13.3 Å². The molecule has 10 heteroatoms. The van der Waals surface area contributed by atoms with Crippen molar-refractivity contribution in [3.05, 3.63) is 49.1 Å². The van der Waals surface area contributed by atoms with Gasteiger partial charge >= 0.3 is 0 Å². The molecule has 1 unspecified atom stereocenters. The maximum atomic E-state index is 13.4. The Balaban J connectivity index is 1.39. The van der Waals surface area contributed by atoms with Crippen LogP contribution in [-0.4, -0.2) is 45.7 Å². The predicted octanol–water partition coefficient (Wildman–Crippen LogP) is 3.89. The Morgan fingerprint density at radius 1 is 1.13 bits per heavy atom. The summed E-state index contributed by atoms with van der Waals surface area (Å²) in [6.07, 6.45) is 4.86. The van der Waals surface area contributed by atoms with Crippen molar-refractivity contribution in [3.8, 4) is 17.1 Å². The van der Waals surface area contributed by atoms with Crippen LogP contribution in [0.25, 0.3) is 28.1 Å². The molecule has 0 radical (unpaired) electrons. The van der Waals surface area contributed by atoms with Gasteiger partial charge in [0.1, 0.15) is 11.6 Å². The van der Waals surface area contributed by atoms with Crippen LogP contribution in [0, 0.1) is 0 Å². The predicted molar refractivity (Wildman–Crippen MR) is 108 cm³/mol. The number of hydrogen-bond acceptors (Lipinski definition) is 5. The van der Waals surface area contributed by atoms with Crippen LogP contribution >= 0.6 is 0 Å². The number of fused-ring (bicyclic) bond motifs is 1. The maximum absolute atomic E-state index is 13.4. The first-order valence-electron chi connectivity index (χ1n) is 9.59. The van der Waals surface area contributed by atoms with Gasteiger partial charge in [-0.15, -0.1) is 10.2 Å². The third-order valence-corrected chi connectivity index (χ3v) is 7.15. The highest BCUT2D eigenvalue weighted by Crippen LogP contribution is 2.37. The summed E-state index contributed by atoms with van der Waals surface area (Å²) < 4.78 is 41.3. The molecule has 0 bridgehead atoms. The van der Waals surface area contributed by atoms with Crippen molar-refractivity contribution in [2.24, 2.45) is 0 Å². The van der Waals surface area contributed by atoms with Gasteiger partial charge in [0, 0.05) is 42.7 Å². The second-order valence-corrected chi connectivity index (χ2v) is 9.11. The lowest BCUT2D eigenvalue weighted by Crippen LogP contribution is -2.32. The molecule has 1 saturated carbocycles. The van der Waals surface area contributed by atoms with Crippen LogP contribution < -0.4 is 0 Å². The van der Waals surface area contributed by atoms with Gasteiger partial charge in [-0.05, 0) is 35.4 Å². The maximum Gasteiger partial charge on any atom is 0.248 e. The monoisotopic (exact) mass is 428 g/mol. The van der Waals surface area contributed by atoms with Crippen LogP contribution in [0.3, 0.4) is 0 Å². The molecule has 3 heterocycles. The van der Waals surface area contributed by atoms with Crippen LogP contribution in [0.2, 0.25) is 0 Å². The fourth-order valence-corrected chi connectivity index (χ4v) is 5.18. The lowest BCUT2D eigenvalue weighted by molar-refractivity contribution is -0.0328. The van der Waals surface area contributed by atoms with Crippen LogP contribution in [0.4, 0.5) is 8.78 Å². The highest BCUT2D eigenvalue weighted by Gasteiger charge is 2.40. The highest BCUT2D eigenvalue weighted by atomic mass is 32.2. The van der Waals surface area contributed by atoms with Gasteiger partial charge in [-0.1, -0.05) is 0 Å². The Bertz CT molecular complexity index is 1150. The van der Waals surface area contributed by atoms with Crippen LogP contribution in [0.1, 0.15) is 25.7 Å². The lowest BCUT2D eigenvalue weighted by Gasteiger charge is -2.29. The van der Waals surface area contributed by atoms with Crippen molar-refractivity contribution in [1.29, 1.82) is 0 Å². The number of pyridine rings is 1. The summed E-state index contributed by atoms with van der Waals surface area (Å²) in [5.41, 5.74) is 2.36. The molecule has 1 aliphatic carbocycles. The van der Waals surface area contributed by atoms with E-state index in [2.05, 4.69) is 25.3 Å². The molecule has 7 nitrogen and oxygen atoms in total. The molecule has 1 aromatic carbocycles. The first-order valence-corrected chi connectivity index (χ1v) is 10.8. The molecule has 1 atom stereocenters. The van der Waals surface area contributed by atoms with E-state index in [0.717, 1.165) is 16.6 Å². The zero-order valence-corrected chi connectivity index (χ0v) is 16.6. The van der Waals surface area contributed by atoms with Crippen LogP contribution in [-0.2, 0) is 11.2 Å². The Kier molecular flexibility index (Phi) is 4.75. The lowest BCUT2D eigenvalue weighted by atomic mass is 9.96. The second kappa shape index (κ2) is 7.44. The Morgan fingerprint density at radius 2 is 1.90 bits per heavy atom. The van der Waals surface area contributed by atoms with Crippen LogP contribution in [0.15, 0.2) is 53.9 Å². The zero-order valence-electron chi connectivity index (χ0n) is 15.8. The number of halogens is 2. The van der Waals surface area contributed by atoms with Crippen molar-refractivity contribution in [3.63, 3.8) is 0 Å². The van der Waals surface area contributed by atoms with Crippen LogP contribution in [0.5, 0.6) is 0 Å². The van der Waals surface area contributed by atoms with E-state index in [0.29, 0.717) is 16.4 Å². The smallest absolute Gasteiger partial charge is 0.248 e. The molecule has 5 rings (SSSR count).